The van der Waals surface area contributed by atoms with Gasteiger partial charge in [-0.2, -0.15) is 0 Å². The molecule has 3 N–H and O–H groups in total. The Kier molecular flexibility index (Phi) is 7.42. The fourth-order valence-corrected chi connectivity index (χ4v) is 2.36. The summed E-state index contributed by atoms with van der Waals surface area (Å²) in [4.78, 5) is 34.9. The molecule has 0 fully saturated rings. The summed E-state index contributed by atoms with van der Waals surface area (Å²) >= 11 is 0. The lowest BCUT2D eigenvalue weighted by molar-refractivity contribution is -0.142. The molecule has 27 heavy (non-hydrogen) atoms. The summed E-state index contributed by atoms with van der Waals surface area (Å²) in [6.07, 6.45) is 2.62. The van der Waals surface area contributed by atoms with E-state index in [-0.39, 0.29) is 18.9 Å². The van der Waals surface area contributed by atoms with Crippen LogP contribution in [0.25, 0.3) is 0 Å². The van der Waals surface area contributed by atoms with Gasteiger partial charge in [-0.05, 0) is 30.7 Å². The summed E-state index contributed by atoms with van der Waals surface area (Å²) in [5.74, 6) is -1.78. The SMILES string of the molecule is CCCC(CNC(=O)COc1cccc(NC(=O)c2ccco2)c1)C(=O)O. The van der Waals surface area contributed by atoms with Gasteiger partial charge in [-0.25, -0.2) is 0 Å². The van der Waals surface area contributed by atoms with Gasteiger partial charge in [0.15, 0.2) is 12.4 Å². The van der Waals surface area contributed by atoms with Crippen molar-refractivity contribution in [3.63, 3.8) is 0 Å². The van der Waals surface area contributed by atoms with Crippen LogP contribution in [0.1, 0.15) is 30.3 Å². The number of ether oxygens (including phenoxy) is 1. The molecule has 2 amide bonds. The molecule has 0 aliphatic rings. The van der Waals surface area contributed by atoms with Crippen molar-refractivity contribution in [3.05, 3.63) is 48.4 Å². The Balaban J connectivity index is 1.82. The van der Waals surface area contributed by atoms with Crippen molar-refractivity contribution in [2.75, 3.05) is 18.5 Å². The maximum Gasteiger partial charge on any atom is 0.308 e. The van der Waals surface area contributed by atoms with Crippen LogP contribution in [0.4, 0.5) is 5.69 Å². The van der Waals surface area contributed by atoms with Crippen molar-refractivity contribution in [2.45, 2.75) is 19.8 Å². The standard InChI is InChI=1S/C19H22N2O6/c1-2-5-13(19(24)25)11-20-17(22)12-27-15-7-3-6-14(10-15)21-18(23)16-8-4-9-26-16/h3-4,6-10,13H,2,5,11-12H2,1H3,(H,20,22)(H,21,23)(H,24,25). The zero-order chi connectivity index (χ0) is 19.6. The number of carboxylic acids is 1. The molecule has 8 nitrogen and oxygen atoms in total. The Bertz CT molecular complexity index is 772. The van der Waals surface area contributed by atoms with E-state index in [1.807, 2.05) is 6.92 Å². The molecule has 1 unspecified atom stereocenters. The molecule has 0 saturated carbocycles. The number of carboxylic acid groups (broad SMARTS) is 1. The second-order valence-corrected chi connectivity index (χ2v) is 5.88. The number of anilines is 1. The van der Waals surface area contributed by atoms with Crippen molar-refractivity contribution in [1.82, 2.24) is 5.32 Å². The molecule has 0 aliphatic carbocycles. The van der Waals surface area contributed by atoms with Gasteiger partial charge in [-0.15, -0.1) is 0 Å². The van der Waals surface area contributed by atoms with Crippen LogP contribution >= 0.6 is 0 Å². The third-order valence-corrected chi connectivity index (χ3v) is 3.74. The number of carbonyl (C=O) groups is 3. The highest BCUT2D eigenvalue weighted by Gasteiger charge is 2.17. The zero-order valence-corrected chi connectivity index (χ0v) is 14.9. The van der Waals surface area contributed by atoms with E-state index in [9.17, 15) is 14.4 Å². The van der Waals surface area contributed by atoms with Crippen molar-refractivity contribution in [3.8, 4) is 5.75 Å². The summed E-state index contributed by atoms with van der Waals surface area (Å²) in [7, 11) is 0. The smallest absolute Gasteiger partial charge is 0.308 e. The minimum Gasteiger partial charge on any atom is -0.484 e. The third kappa shape index (κ3) is 6.50. The predicted molar refractivity (Wildman–Crippen MR) is 97.6 cm³/mol. The second kappa shape index (κ2) is 10.0. The Morgan fingerprint density at radius 2 is 2.04 bits per heavy atom. The number of hydrogen-bond acceptors (Lipinski definition) is 5. The Hall–Kier alpha value is -3.29. The van der Waals surface area contributed by atoms with Gasteiger partial charge in [-0.1, -0.05) is 19.4 Å². The van der Waals surface area contributed by atoms with Gasteiger partial charge in [0.25, 0.3) is 11.8 Å². The molecule has 1 aromatic heterocycles. The summed E-state index contributed by atoms with van der Waals surface area (Å²) < 4.78 is 10.4. The van der Waals surface area contributed by atoms with Gasteiger partial charge in [0.05, 0.1) is 12.2 Å². The van der Waals surface area contributed by atoms with Crippen molar-refractivity contribution in [1.29, 1.82) is 0 Å². The van der Waals surface area contributed by atoms with Crippen LogP contribution in [0.5, 0.6) is 5.75 Å². The first-order valence-corrected chi connectivity index (χ1v) is 8.56. The van der Waals surface area contributed by atoms with Gasteiger partial charge >= 0.3 is 5.97 Å². The summed E-state index contributed by atoms with van der Waals surface area (Å²) in [6.45, 7) is 1.69. The molecule has 2 aromatic rings. The molecule has 0 radical (unpaired) electrons. The maximum absolute atomic E-state index is 12.0. The number of nitrogens with one attached hydrogen (secondary N) is 2. The lowest BCUT2D eigenvalue weighted by Crippen LogP contribution is -2.35. The van der Waals surface area contributed by atoms with Crippen LogP contribution in [0.3, 0.4) is 0 Å². The van der Waals surface area contributed by atoms with Crippen molar-refractivity contribution in [2.24, 2.45) is 5.92 Å². The first kappa shape index (κ1) is 20.0. The van der Waals surface area contributed by atoms with Crippen molar-refractivity contribution < 1.29 is 28.6 Å². The first-order valence-electron chi connectivity index (χ1n) is 8.56. The molecule has 8 heteroatoms. The number of carbonyl (C=O) groups excluding carboxylic acids is 2. The highest BCUT2D eigenvalue weighted by Crippen LogP contribution is 2.18. The van der Waals surface area contributed by atoms with E-state index >= 15 is 0 Å². The Morgan fingerprint density at radius 3 is 2.70 bits per heavy atom. The first-order chi connectivity index (χ1) is 13.0. The largest absolute Gasteiger partial charge is 0.484 e. The van der Waals surface area contributed by atoms with Crippen LogP contribution in [-0.2, 0) is 9.59 Å². The number of amides is 2. The molecule has 1 atom stereocenters. The van der Waals surface area contributed by atoms with Crippen LogP contribution < -0.4 is 15.4 Å². The zero-order valence-electron chi connectivity index (χ0n) is 14.9. The lowest BCUT2D eigenvalue weighted by Gasteiger charge is -2.13. The number of benzene rings is 1. The highest BCUT2D eigenvalue weighted by molar-refractivity contribution is 6.02. The van der Waals surface area contributed by atoms with E-state index in [0.717, 1.165) is 6.42 Å². The second-order valence-electron chi connectivity index (χ2n) is 5.88. The average molecular weight is 374 g/mol. The number of rotatable bonds is 10. The monoisotopic (exact) mass is 374 g/mol. The molecule has 0 aliphatic heterocycles. The molecule has 1 aromatic carbocycles. The summed E-state index contributed by atoms with van der Waals surface area (Å²) in [6, 6.07) is 9.73. The topological polar surface area (TPSA) is 118 Å². The molecule has 0 saturated heterocycles. The molecular weight excluding hydrogens is 352 g/mol. The average Bonchev–Trinajstić information content (AvgIpc) is 3.18. The minimum atomic E-state index is -0.932. The van der Waals surface area contributed by atoms with E-state index in [1.54, 1.807) is 36.4 Å². The van der Waals surface area contributed by atoms with E-state index in [4.69, 9.17) is 14.3 Å². The van der Waals surface area contributed by atoms with Gasteiger partial charge in [0, 0.05) is 18.3 Å². The maximum atomic E-state index is 12.0. The normalized spacial score (nSPS) is 11.4. The van der Waals surface area contributed by atoms with Crippen LogP contribution in [0, 0.1) is 5.92 Å². The van der Waals surface area contributed by atoms with Crippen molar-refractivity contribution >= 4 is 23.5 Å². The van der Waals surface area contributed by atoms with E-state index in [2.05, 4.69) is 10.6 Å². The number of furan rings is 1. The van der Waals surface area contributed by atoms with E-state index in [1.165, 1.54) is 6.26 Å². The highest BCUT2D eigenvalue weighted by atomic mass is 16.5. The fraction of sp³-hybridized carbons (Fsp3) is 0.316. The Labute approximate surface area is 156 Å². The van der Waals surface area contributed by atoms with Gasteiger partial charge in [0.2, 0.25) is 0 Å². The molecule has 1 heterocycles. The fourth-order valence-electron chi connectivity index (χ4n) is 2.36. The third-order valence-electron chi connectivity index (χ3n) is 3.74. The van der Waals surface area contributed by atoms with Gasteiger partial charge < -0.3 is 24.9 Å². The molecule has 144 valence electrons. The lowest BCUT2D eigenvalue weighted by atomic mass is 10.0. The Morgan fingerprint density at radius 1 is 1.22 bits per heavy atom. The van der Waals surface area contributed by atoms with Gasteiger partial charge in [-0.3, -0.25) is 14.4 Å². The quantitative estimate of drug-likeness (QED) is 0.588. The minimum absolute atomic E-state index is 0.0601. The molecule has 2 rings (SSSR count). The van der Waals surface area contributed by atoms with Gasteiger partial charge in [0.1, 0.15) is 5.75 Å². The number of aliphatic carboxylic acids is 1. The van der Waals surface area contributed by atoms with E-state index < -0.39 is 23.7 Å². The summed E-state index contributed by atoms with van der Waals surface area (Å²) in [5.41, 5.74) is 0.489. The molecule has 0 bridgehead atoms. The summed E-state index contributed by atoms with van der Waals surface area (Å²) in [5, 5.41) is 14.3. The number of hydrogen-bond donors (Lipinski definition) is 3. The van der Waals surface area contributed by atoms with Crippen LogP contribution in [0.2, 0.25) is 0 Å². The van der Waals surface area contributed by atoms with E-state index in [0.29, 0.717) is 17.9 Å². The molecule has 0 spiro atoms. The van der Waals surface area contributed by atoms with Crippen LogP contribution in [-0.4, -0.2) is 36.0 Å². The predicted octanol–water partition coefficient (Wildman–Crippen LogP) is 2.53. The molecular formula is C19H22N2O6. The van der Waals surface area contributed by atoms with Crippen LogP contribution in [0.15, 0.2) is 47.1 Å².